The molecule has 0 radical (unpaired) electrons. The summed E-state index contributed by atoms with van der Waals surface area (Å²) >= 11 is 0. The molecular weight excluding hydrogens is 228 g/mol. The summed E-state index contributed by atoms with van der Waals surface area (Å²) in [6, 6.07) is 9.87. The molecule has 0 bridgehead atoms. The number of aromatic nitrogens is 1. The van der Waals surface area contributed by atoms with Crippen molar-refractivity contribution in [3.05, 3.63) is 42.1 Å². The molecule has 2 rings (SSSR count). The van der Waals surface area contributed by atoms with Crippen molar-refractivity contribution >= 4 is 10.9 Å². The van der Waals surface area contributed by atoms with Crippen molar-refractivity contribution in [3.8, 4) is 0 Å². The Morgan fingerprint density at radius 2 is 1.89 bits per heavy atom. The number of nitrogens with one attached hydrogen (secondary N) is 1. The predicted molar refractivity (Wildman–Crippen MR) is 71.2 cm³/mol. The fourth-order valence-electron chi connectivity index (χ4n) is 1.78. The number of fused-ring (bicyclic) bond motifs is 1. The van der Waals surface area contributed by atoms with E-state index < -0.39 is 5.54 Å². The first-order valence-corrected chi connectivity index (χ1v) is 5.98. The Hall–Kier alpha value is -1.49. The highest BCUT2D eigenvalue weighted by Gasteiger charge is 2.21. The highest BCUT2D eigenvalue weighted by atomic mass is 16.3. The van der Waals surface area contributed by atoms with Gasteiger partial charge in [-0.2, -0.15) is 0 Å². The maximum atomic E-state index is 9.24. The second kappa shape index (κ2) is 5.44. The standard InChI is InChI=1S/C14H18N2O2/c1-14(9-17,10-18)16-8-11-6-7-15-13-5-3-2-4-12(11)13/h2-7,16-18H,8-10H2,1H3. The number of hydrogen-bond acceptors (Lipinski definition) is 4. The second-order valence-electron chi connectivity index (χ2n) is 4.72. The van der Waals surface area contributed by atoms with Gasteiger partial charge in [0.1, 0.15) is 0 Å². The van der Waals surface area contributed by atoms with E-state index in [1.165, 1.54) is 0 Å². The van der Waals surface area contributed by atoms with Gasteiger partial charge in [-0.3, -0.25) is 4.98 Å². The lowest BCUT2D eigenvalue weighted by Gasteiger charge is -2.26. The first kappa shape index (κ1) is 13.0. The number of aliphatic hydroxyl groups excluding tert-OH is 2. The SMILES string of the molecule is CC(CO)(CO)NCc1ccnc2ccccc12. The van der Waals surface area contributed by atoms with Crippen LogP contribution in [-0.2, 0) is 6.54 Å². The Labute approximate surface area is 106 Å². The van der Waals surface area contributed by atoms with Crippen molar-refractivity contribution in [1.29, 1.82) is 0 Å². The van der Waals surface area contributed by atoms with Gasteiger partial charge in [0.2, 0.25) is 0 Å². The number of aliphatic hydroxyl groups is 2. The largest absolute Gasteiger partial charge is 0.394 e. The first-order chi connectivity index (χ1) is 8.68. The highest BCUT2D eigenvalue weighted by Crippen LogP contribution is 2.16. The average Bonchev–Trinajstić information content (AvgIpc) is 2.44. The predicted octanol–water partition coefficient (Wildman–Crippen LogP) is 1.07. The molecule has 0 saturated carbocycles. The molecule has 1 aromatic carbocycles. The molecule has 0 atom stereocenters. The van der Waals surface area contributed by atoms with E-state index in [1.807, 2.05) is 30.3 Å². The Morgan fingerprint density at radius 3 is 2.61 bits per heavy atom. The van der Waals surface area contributed by atoms with Crippen LogP contribution in [0.1, 0.15) is 12.5 Å². The summed E-state index contributed by atoms with van der Waals surface area (Å²) in [6.45, 7) is 2.16. The summed E-state index contributed by atoms with van der Waals surface area (Å²) in [5.74, 6) is 0. The minimum Gasteiger partial charge on any atom is -0.394 e. The van der Waals surface area contributed by atoms with E-state index in [0.717, 1.165) is 16.5 Å². The van der Waals surface area contributed by atoms with Gasteiger partial charge in [-0.15, -0.1) is 0 Å². The molecule has 0 aliphatic heterocycles. The molecule has 4 heteroatoms. The van der Waals surface area contributed by atoms with E-state index in [0.29, 0.717) is 6.54 Å². The number of hydrogen-bond donors (Lipinski definition) is 3. The Bertz CT molecular complexity index is 519. The summed E-state index contributed by atoms with van der Waals surface area (Å²) in [6.07, 6.45) is 1.77. The summed E-state index contributed by atoms with van der Waals surface area (Å²) in [7, 11) is 0. The van der Waals surface area contributed by atoms with Crippen LogP contribution in [0.15, 0.2) is 36.5 Å². The topological polar surface area (TPSA) is 65.4 Å². The average molecular weight is 246 g/mol. The van der Waals surface area contributed by atoms with Gasteiger partial charge in [0.15, 0.2) is 0 Å². The van der Waals surface area contributed by atoms with Crippen LogP contribution in [0.5, 0.6) is 0 Å². The first-order valence-electron chi connectivity index (χ1n) is 5.98. The quantitative estimate of drug-likeness (QED) is 0.738. The van der Waals surface area contributed by atoms with Crippen molar-refractivity contribution in [2.24, 2.45) is 0 Å². The molecule has 0 saturated heterocycles. The molecule has 2 aromatic rings. The van der Waals surface area contributed by atoms with Crippen LogP contribution in [0.25, 0.3) is 10.9 Å². The fraction of sp³-hybridized carbons (Fsp3) is 0.357. The normalized spacial score (nSPS) is 11.9. The number of para-hydroxylation sites is 1. The minimum atomic E-state index is -0.662. The fourth-order valence-corrected chi connectivity index (χ4v) is 1.78. The van der Waals surface area contributed by atoms with E-state index >= 15 is 0 Å². The van der Waals surface area contributed by atoms with Crippen LogP contribution < -0.4 is 5.32 Å². The van der Waals surface area contributed by atoms with Crippen molar-refractivity contribution in [3.63, 3.8) is 0 Å². The van der Waals surface area contributed by atoms with E-state index in [-0.39, 0.29) is 13.2 Å². The van der Waals surface area contributed by atoms with Crippen LogP contribution >= 0.6 is 0 Å². The maximum absolute atomic E-state index is 9.24. The molecule has 18 heavy (non-hydrogen) atoms. The molecule has 4 nitrogen and oxygen atoms in total. The van der Waals surface area contributed by atoms with Crippen LogP contribution in [0.2, 0.25) is 0 Å². The summed E-state index contributed by atoms with van der Waals surface area (Å²) < 4.78 is 0. The molecule has 1 aromatic heterocycles. The van der Waals surface area contributed by atoms with E-state index in [2.05, 4.69) is 10.3 Å². The van der Waals surface area contributed by atoms with Gasteiger partial charge in [-0.1, -0.05) is 18.2 Å². The molecule has 0 amide bonds. The van der Waals surface area contributed by atoms with Gasteiger partial charge in [-0.25, -0.2) is 0 Å². The molecule has 96 valence electrons. The Morgan fingerprint density at radius 1 is 1.17 bits per heavy atom. The summed E-state index contributed by atoms with van der Waals surface area (Å²) in [5.41, 5.74) is 1.39. The van der Waals surface area contributed by atoms with E-state index in [9.17, 15) is 10.2 Å². The third kappa shape index (κ3) is 2.67. The van der Waals surface area contributed by atoms with Gasteiger partial charge in [0.25, 0.3) is 0 Å². The maximum Gasteiger partial charge on any atom is 0.0705 e. The Balaban J connectivity index is 2.22. The van der Waals surface area contributed by atoms with Gasteiger partial charge in [-0.05, 0) is 24.6 Å². The number of pyridine rings is 1. The van der Waals surface area contributed by atoms with Crippen LogP contribution in [0.3, 0.4) is 0 Å². The van der Waals surface area contributed by atoms with E-state index in [4.69, 9.17) is 0 Å². The third-order valence-electron chi connectivity index (χ3n) is 3.14. The third-order valence-corrected chi connectivity index (χ3v) is 3.14. The van der Waals surface area contributed by atoms with E-state index in [1.54, 1.807) is 13.1 Å². The van der Waals surface area contributed by atoms with Crippen LogP contribution in [-0.4, -0.2) is 33.9 Å². The number of nitrogens with zero attached hydrogens (tertiary/aromatic N) is 1. The molecule has 0 aliphatic rings. The van der Waals surface area contributed by atoms with Crippen molar-refractivity contribution in [1.82, 2.24) is 10.3 Å². The summed E-state index contributed by atoms with van der Waals surface area (Å²) in [4.78, 5) is 4.30. The molecule has 0 aliphatic carbocycles. The lowest BCUT2D eigenvalue weighted by Crippen LogP contribution is -2.48. The Kier molecular flexibility index (Phi) is 3.91. The van der Waals surface area contributed by atoms with Crippen molar-refractivity contribution < 1.29 is 10.2 Å². The monoisotopic (exact) mass is 246 g/mol. The lowest BCUT2D eigenvalue weighted by atomic mass is 10.0. The second-order valence-corrected chi connectivity index (χ2v) is 4.72. The van der Waals surface area contributed by atoms with Crippen LogP contribution in [0, 0.1) is 0 Å². The van der Waals surface area contributed by atoms with Gasteiger partial charge >= 0.3 is 0 Å². The van der Waals surface area contributed by atoms with Gasteiger partial charge in [0, 0.05) is 18.1 Å². The zero-order valence-electron chi connectivity index (χ0n) is 10.4. The van der Waals surface area contributed by atoms with Gasteiger partial charge < -0.3 is 15.5 Å². The molecular formula is C14H18N2O2. The van der Waals surface area contributed by atoms with Crippen LogP contribution in [0.4, 0.5) is 0 Å². The number of rotatable bonds is 5. The smallest absolute Gasteiger partial charge is 0.0705 e. The zero-order valence-corrected chi connectivity index (χ0v) is 10.4. The minimum absolute atomic E-state index is 0.105. The summed E-state index contributed by atoms with van der Waals surface area (Å²) in [5, 5.41) is 22.7. The van der Waals surface area contributed by atoms with Crippen molar-refractivity contribution in [2.75, 3.05) is 13.2 Å². The lowest BCUT2D eigenvalue weighted by molar-refractivity contribution is 0.103. The van der Waals surface area contributed by atoms with Gasteiger partial charge in [0.05, 0.1) is 24.3 Å². The zero-order chi connectivity index (χ0) is 13.0. The molecule has 0 fully saturated rings. The molecule has 3 N–H and O–H groups in total. The molecule has 1 heterocycles. The van der Waals surface area contributed by atoms with Crippen molar-refractivity contribution in [2.45, 2.75) is 19.0 Å². The number of benzene rings is 1. The molecule has 0 spiro atoms. The highest BCUT2D eigenvalue weighted by molar-refractivity contribution is 5.81. The molecule has 0 unspecified atom stereocenters.